The zero-order chi connectivity index (χ0) is 16.2. The van der Waals surface area contributed by atoms with E-state index in [0.717, 1.165) is 33.6 Å². The van der Waals surface area contributed by atoms with Crippen molar-refractivity contribution in [2.24, 2.45) is 0 Å². The maximum atomic E-state index is 5.93. The summed E-state index contributed by atoms with van der Waals surface area (Å²) in [5, 5.41) is 4.28. The molecule has 0 amide bonds. The Morgan fingerprint density at radius 3 is 2.92 bits per heavy atom. The van der Waals surface area contributed by atoms with E-state index in [4.69, 9.17) is 9.47 Å². The Morgan fingerprint density at radius 2 is 2.04 bits per heavy atom. The average molecular weight is 340 g/mol. The van der Waals surface area contributed by atoms with Crippen LogP contribution in [0.5, 0.6) is 11.5 Å². The first kappa shape index (κ1) is 15.0. The summed E-state index contributed by atoms with van der Waals surface area (Å²) in [6.45, 7) is 2.00. The number of fused-ring (bicyclic) bond motifs is 1. The Morgan fingerprint density at radius 1 is 1.12 bits per heavy atom. The summed E-state index contributed by atoms with van der Waals surface area (Å²) in [6, 6.07) is 7.74. The molecule has 7 heteroatoms. The number of ether oxygens (including phenoxy) is 2. The lowest BCUT2D eigenvalue weighted by molar-refractivity contribution is 0.0903. The topological polar surface area (TPSA) is 69.2 Å². The van der Waals surface area contributed by atoms with Gasteiger partial charge in [-0.2, -0.15) is 0 Å². The molecule has 0 radical (unpaired) electrons. The van der Waals surface area contributed by atoms with Gasteiger partial charge in [-0.25, -0.2) is 4.98 Å². The summed E-state index contributed by atoms with van der Waals surface area (Å²) in [7, 11) is 0. The zero-order valence-corrected chi connectivity index (χ0v) is 13.7. The van der Waals surface area contributed by atoms with Gasteiger partial charge in [-0.15, -0.1) is 11.3 Å². The second-order valence-electron chi connectivity index (χ2n) is 5.35. The fraction of sp³-hybridized carbons (Fsp3) is 0.235. The summed E-state index contributed by atoms with van der Waals surface area (Å²) in [5.41, 5.74) is 0.800. The molecule has 1 aliphatic heterocycles. The SMILES string of the molecule is c1ccc2c(c1)OC[C@H](CNCc1cnc(-c3cnccn3)s1)O2. The fourth-order valence-corrected chi connectivity index (χ4v) is 3.28. The second kappa shape index (κ2) is 6.94. The van der Waals surface area contributed by atoms with E-state index in [1.165, 1.54) is 0 Å². The normalized spacial score (nSPS) is 16.1. The Hall–Kier alpha value is -2.51. The number of para-hydroxylation sites is 2. The number of benzene rings is 1. The van der Waals surface area contributed by atoms with E-state index in [0.29, 0.717) is 13.2 Å². The van der Waals surface area contributed by atoms with E-state index in [-0.39, 0.29) is 6.10 Å². The molecule has 0 unspecified atom stereocenters. The van der Waals surface area contributed by atoms with E-state index in [1.807, 2.05) is 30.5 Å². The molecule has 4 rings (SSSR count). The minimum atomic E-state index is 0.00674. The summed E-state index contributed by atoms with van der Waals surface area (Å²) >= 11 is 1.61. The summed E-state index contributed by atoms with van der Waals surface area (Å²) in [4.78, 5) is 13.9. The molecule has 24 heavy (non-hydrogen) atoms. The van der Waals surface area contributed by atoms with Crippen molar-refractivity contribution in [3.05, 3.63) is 53.9 Å². The molecule has 0 bridgehead atoms. The van der Waals surface area contributed by atoms with Crippen LogP contribution in [-0.2, 0) is 6.54 Å². The lowest BCUT2D eigenvalue weighted by atomic mass is 10.2. The molecular weight excluding hydrogens is 324 g/mol. The van der Waals surface area contributed by atoms with Crippen LogP contribution in [-0.4, -0.2) is 34.2 Å². The highest BCUT2D eigenvalue weighted by Crippen LogP contribution is 2.30. The highest BCUT2D eigenvalue weighted by atomic mass is 32.1. The van der Waals surface area contributed by atoms with Crippen molar-refractivity contribution in [3.8, 4) is 22.2 Å². The number of hydrogen-bond acceptors (Lipinski definition) is 7. The minimum Gasteiger partial charge on any atom is -0.486 e. The largest absolute Gasteiger partial charge is 0.486 e. The van der Waals surface area contributed by atoms with Gasteiger partial charge in [0.2, 0.25) is 0 Å². The standard InChI is InChI=1S/C17H16N4O2S/c1-2-4-16-15(3-1)22-11-12(23-16)7-19-8-13-9-21-17(24-13)14-10-18-5-6-20-14/h1-6,9-10,12,19H,7-8,11H2/t12-/m0/s1. The quantitative estimate of drug-likeness (QED) is 0.770. The lowest BCUT2D eigenvalue weighted by Gasteiger charge is -2.26. The molecule has 1 N–H and O–H groups in total. The molecule has 3 heterocycles. The van der Waals surface area contributed by atoms with Gasteiger partial charge >= 0.3 is 0 Å². The van der Waals surface area contributed by atoms with E-state index in [1.54, 1.807) is 29.9 Å². The van der Waals surface area contributed by atoms with Crippen molar-refractivity contribution in [3.63, 3.8) is 0 Å². The van der Waals surface area contributed by atoms with Crippen molar-refractivity contribution >= 4 is 11.3 Å². The monoisotopic (exact) mass is 340 g/mol. The average Bonchev–Trinajstić information content (AvgIpc) is 3.11. The molecule has 0 aliphatic carbocycles. The molecule has 6 nitrogen and oxygen atoms in total. The van der Waals surface area contributed by atoms with Crippen LogP contribution in [0, 0.1) is 0 Å². The summed E-state index contributed by atoms with van der Waals surface area (Å²) in [6.07, 6.45) is 6.93. The van der Waals surface area contributed by atoms with E-state index < -0.39 is 0 Å². The van der Waals surface area contributed by atoms with E-state index >= 15 is 0 Å². The first-order chi connectivity index (χ1) is 11.9. The number of nitrogens with zero attached hydrogens (tertiary/aromatic N) is 3. The van der Waals surface area contributed by atoms with Crippen LogP contribution in [0.4, 0.5) is 0 Å². The van der Waals surface area contributed by atoms with Crippen LogP contribution >= 0.6 is 11.3 Å². The van der Waals surface area contributed by atoms with Crippen LogP contribution in [0.1, 0.15) is 4.88 Å². The predicted molar refractivity (Wildman–Crippen MR) is 91.2 cm³/mol. The van der Waals surface area contributed by atoms with Gasteiger partial charge in [0, 0.05) is 36.6 Å². The van der Waals surface area contributed by atoms with Crippen molar-refractivity contribution in [2.45, 2.75) is 12.6 Å². The van der Waals surface area contributed by atoms with Crippen molar-refractivity contribution in [2.75, 3.05) is 13.2 Å². The molecule has 3 aromatic rings. The van der Waals surface area contributed by atoms with Crippen LogP contribution in [0.25, 0.3) is 10.7 Å². The summed E-state index contributed by atoms with van der Waals surface area (Å²) in [5.74, 6) is 1.61. The van der Waals surface area contributed by atoms with Crippen LogP contribution in [0.15, 0.2) is 49.1 Å². The Balaban J connectivity index is 1.30. The predicted octanol–water partition coefficient (Wildman–Crippen LogP) is 2.53. The third kappa shape index (κ3) is 3.37. The molecule has 2 aromatic heterocycles. The first-order valence-electron chi connectivity index (χ1n) is 7.69. The zero-order valence-electron chi connectivity index (χ0n) is 12.9. The van der Waals surface area contributed by atoms with Gasteiger partial charge in [0.1, 0.15) is 23.4 Å². The van der Waals surface area contributed by atoms with Gasteiger partial charge in [-0.1, -0.05) is 12.1 Å². The highest BCUT2D eigenvalue weighted by Gasteiger charge is 2.20. The van der Waals surface area contributed by atoms with Gasteiger partial charge in [0.25, 0.3) is 0 Å². The van der Waals surface area contributed by atoms with Crippen LogP contribution in [0.3, 0.4) is 0 Å². The second-order valence-corrected chi connectivity index (χ2v) is 6.47. The van der Waals surface area contributed by atoms with E-state index in [9.17, 15) is 0 Å². The number of thiazole rings is 1. The molecule has 1 aliphatic rings. The molecule has 0 fully saturated rings. The fourth-order valence-electron chi connectivity index (χ4n) is 2.44. The number of hydrogen-bond donors (Lipinski definition) is 1. The first-order valence-corrected chi connectivity index (χ1v) is 8.50. The molecule has 1 atom stereocenters. The molecule has 1 aromatic carbocycles. The van der Waals surface area contributed by atoms with Crippen molar-refractivity contribution in [1.82, 2.24) is 20.3 Å². The molecule has 0 saturated heterocycles. The van der Waals surface area contributed by atoms with Crippen molar-refractivity contribution in [1.29, 1.82) is 0 Å². The van der Waals surface area contributed by atoms with Gasteiger partial charge in [0.15, 0.2) is 11.5 Å². The van der Waals surface area contributed by atoms with Gasteiger partial charge in [-0.3, -0.25) is 9.97 Å². The van der Waals surface area contributed by atoms with Crippen LogP contribution < -0.4 is 14.8 Å². The maximum Gasteiger partial charge on any atom is 0.161 e. The number of nitrogens with one attached hydrogen (secondary N) is 1. The Kier molecular flexibility index (Phi) is 4.35. The molecule has 0 saturated carbocycles. The highest BCUT2D eigenvalue weighted by molar-refractivity contribution is 7.14. The lowest BCUT2D eigenvalue weighted by Crippen LogP contribution is -2.38. The van der Waals surface area contributed by atoms with Gasteiger partial charge in [0.05, 0.1) is 6.20 Å². The van der Waals surface area contributed by atoms with Crippen LogP contribution in [0.2, 0.25) is 0 Å². The Labute approximate surface area is 143 Å². The maximum absolute atomic E-state index is 5.93. The van der Waals surface area contributed by atoms with Gasteiger partial charge < -0.3 is 14.8 Å². The molecular formula is C17H16N4O2S. The molecule has 122 valence electrons. The summed E-state index contributed by atoms with van der Waals surface area (Å²) < 4.78 is 11.6. The minimum absolute atomic E-state index is 0.00674. The Bertz CT molecular complexity index is 809. The van der Waals surface area contributed by atoms with E-state index in [2.05, 4.69) is 20.3 Å². The van der Waals surface area contributed by atoms with Gasteiger partial charge in [-0.05, 0) is 12.1 Å². The third-order valence-corrected chi connectivity index (χ3v) is 4.59. The number of aromatic nitrogens is 3. The molecule has 0 spiro atoms. The van der Waals surface area contributed by atoms with Crippen molar-refractivity contribution < 1.29 is 9.47 Å². The number of rotatable bonds is 5. The third-order valence-electron chi connectivity index (χ3n) is 3.57. The smallest absolute Gasteiger partial charge is 0.161 e.